The van der Waals surface area contributed by atoms with Crippen molar-refractivity contribution < 1.29 is 23.1 Å². The fourth-order valence-corrected chi connectivity index (χ4v) is 4.78. The summed E-state index contributed by atoms with van der Waals surface area (Å²) < 4.78 is 26.6. The minimum absolute atomic E-state index is 0.0198. The molecular weight excluding hydrogens is 364 g/mol. The first-order valence-corrected chi connectivity index (χ1v) is 9.86. The molecule has 2 heterocycles. The van der Waals surface area contributed by atoms with Gasteiger partial charge in [0.05, 0.1) is 12.5 Å². The Bertz CT molecular complexity index is 893. The highest BCUT2D eigenvalue weighted by atomic mass is 32.2. The summed E-state index contributed by atoms with van der Waals surface area (Å²) in [5, 5.41) is 11.1. The average Bonchev–Trinajstić information content (AvgIpc) is 3.14. The fourth-order valence-electron chi connectivity index (χ4n) is 2.76. The van der Waals surface area contributed by atoms with E-state index in [1.165, 1.54) is 11.0 Å². The zero-order valence-corrected chi connectivity index (χ0v) is 14.7. The van der Waals surface area contributed by atoms with Crippen molar-refractivity contribution in [3.05, 3.63) is 52.9 Å². The lowest BCUT2D eigenvalue weighted by atomic mass is 9.90. The van der Waals surface area contributed by atoms with Gasteiger partial charge in [-0.2, -0.15) is 0 Å². The molecule has 3 rings (SSSR count). The second-order valence-corrected chi connectivity index (χ2v) is 8.56. The molecule has 1 unspecified atom stereocenters. The van der Waals surface area contributed by atoms with E-state index in [-0.39, 0.29) is 17.3 Å². The van der Waals surface area contributed by atoms with Crippen LogP contribution in [0.5, 0.6) is 0 Å². The number of thiophene rings is 1. The third-order valence-corrected chi connectivity index (χ3v) is 6.82. The summed E-state index contributed by atoms with van der Waals surface area (Å²) in [6.45, 7) is -0.125. The lowest BCUT2D eigenvalue weighted by molar-refractivity contribution is -0.141. The van der Waals surface area contributed by atoms with E-state index < -0.39 is 34.4 Å². The predicted octanol–water partition coefficient (Wildman–Crippen LogP) is 1.24. The number of fused-ring (bicyclic) bond motifs is 1. The second-order valence-electron chi connectivity index (χ2n) is 5.62. The summed E-state index contributed by atoms with van der Waals surface area (Å²) in [5.41, 5.74) is 1.45. The number of nitrogens with zero attached hydrogens (tertiary/aromatic N) is 1. The number of sulfonamides is 1. The molecule has 2 N–H and O–H groups in total. The number of carbonyl (C=O) groups is 2. The van der Waals surface area contributed by atoms with Crippen LogP contribution in [0.3, 0.4) is 0 Å². The summed E-state index contributed by atoms with van der Waals surface area (Å²) in [6.07, 6.45) is 0. The summed E-state index contributed by atoms with van der Waals surface area (Å²) in [7, 11) is -3.74. The largest absolute Gasteiger partial charge is 0.481 e. The highest BCUT2D eigenvalue weighted by molar-refractivity contribution is 7.91. The van der Waals surface area contributed by atoms with Crippen molar-refractivity contribution in [1.82, 2.24) is 9.62 Å². The Labute approximate surface area is 149 Å². The van der Waals surface area contributed by atoms with Gasteiger partial charge in [0.2, 0.25) is 5.91 Å². The Balaban J connectivity index is 1.72. The molecule has 0 fully saturated rings. The molecule has 0 saturated heterocycles. The van der Waals surface area contributed by atoms with Crippen LogP contribution in [0.1, 0.15) is 17.0 Å². The van der Waals surface area contributed by atoms with Crippen LogP contribution in [0.2, 0.25) is 0 Å². The zero-order valence-electron chi connectivity index (χ0n) is 13.1. The number of aliphatic carboxylic acids is 1. The van der Waals surface area contributed by atoms with E-state index in [0.29, 0.717) is 5.56 Å². The molecule has 1 aliphatic heterocycles. The van der Waals surface area contributed by atoms with E-state index >= 15 is 0 Å². The first-order valence-electron chi connectivity index (χ1n) is 7.50. The average molecular weight is 380 g/mol. The molecule has 1 atom stereocenters. The smallest absolute Gasteiger partial charge is 0.312 e. The van der Waals surface area contributed by atoms with Gasteiger partial charge in [0.15, 0.2) is 0 Å². The number of hydrogen-bond acceptors (Lipinski definition) is 5. The van der Waals surface area contributed by atoms with Gasteiger partial charge >= 0.3 is 5.97 Å². The quantitative estimate of drug-likeness (QED) is 0.812. The van der Waals surface area contributed by atoms with E-state index in [2.05, 4.69) is 4.72 Å². The maximum absolute atomic E-state index is 12.4. The van der Waals surface area contributed by atoms with Crippen LogP contribution in [0.4, 0.5) is 0 Å². The molecule has 0 aliphatic carbocycles. The van der Waals surface area contributed by atoms with Crippen molar-refractivity contribution in [1.29, 1.82) is 0 Å². The Hall–Kier alpha value is -2.23. The highest BCUT2D eigenvalue weighted by Gasteiger charge is 2.32. The Morgan fingerprint density at radius 3 is 2.68 bits per heavy atom. The highest BCUT2D eigenvalue weighted by Crippen LogP contribution is 2.28. The summed E-state index contributed by atoms with van der Waals surface area (Å²) in [4.78, 5) is 25.3. The molecule has 1 aromatic heterocycles. The van der Waals surface area contributed by atoms with Gasteiger partial charge < -0.3 is 10.0 Å². The molecule has 1 aromatic carbocycles. The maximum atomic E-state index is 12.4. The van der Waals surface area contributed by atoms with E-state index in [1.807, 2.05) is 0 Å². The van der Waals surface area contributed by atoms with Crippen LogP contribution in [-0.4, -0.2) is 43.4 Å². The van der Waals surface area contributed by atoms with Crippen LogP contribution in [-0.2, 0) is 26.2 Å². The lowest BCUT2D eigenvalue weighted by Gasteiger charge is -2.32. The van der Waals surface area contributed by atoms with Gasteiger partial charge in [0.1, 0.15) is 4.21 Å². The zero-order chi connectivity index (χ0) is 18.0. The van der Waals surface area contributed by atoms with Gasteiger partial charge in [-0.3, -0.25) is 9.59 Å². The third kappa shape index (κ3) is 3.73. The molecular formula is C16H16N2O5S2. The monoisotopic (exact) mass is 380 g/mol. The van der Waals surface area contributed by atoms with Crippen molar-refractivity contribution in [3.8, 4) is 0 Å². The first-order chi connectivity index (χ1) is 11.9. The number of carbonyl (C=O) groups excluding carboxylic acids is 1. The normalized spacial score (nSPS) is 17.1. The van der Waals surface area contributed by atoms with Gasteiger partial charge in [0, 0.05) is 13.1 Å². The number of amides is 1. The predicted molar refractivity (Wildman–Crippen MR) is 91.7 cm³/mol. The molecule has 1 amide bonds. The van der Waals surface area contributed by atoms with E-state index in [4.69, 9.17) is 0 Å². The lowest BCUT2D eigenvalue weighted by Crippen LogP contribution is -2.45. The van der Waals surface area contributed by atoms with Gasteiger partial charge in [-0.15, -0.1) is 11.3 Å². The van der Waals surface area contributed by atoms with Gasteiger partial charge in [-0.05, 0) is 22.6 Å². The van der Waals surface area contributed by atoms with Gasteiger partial charge in [-0.25, -0.2) is 13.1 Å². The SMILES string of the molecule is O=C(O)C1CN(C(=O)CNS(=O)(=O)c2cccs2)Cc2ccccc21. The molecule has 25 heavy (non-hydrogen) atoms. The number of carboxylic acids is 1. The second kappa shape index (κ2) is 6.95. The number of benzene rings is 1. The maximum Gasteiger partial charge on any atom is 0.312 e. The number of hydrogen-bond donors (Lipinski definition) is 2. The van der Waals surface area contributed by atoms with Gasteiger partial charge in [0.25, 0.3) is 10.0 Å². The Kier molecular flexibility index (Phi) is 4.89. The molecule has 2 aromatic rings. The third-order valence-electron chi connectivity index (χ3n) is 4.02. The van der Waals surface area contributed by atoms with Crippen molar-refractivity contribution in [3.63, 3.8) is 0 Å². The summed E-state index contributed by atoms with van der Waals surface area (Å²) in [6, 6.07) is 10.1. The number of nitrogens with one attached hydrogen (secondary N) is 1. The number of carboxylic acid groups (broad SMARTS) is 1. The van der Waals surface area contributed by atoms with Gasteiger partial charge in [-0.1, -0.05) is 30.3 Å². The van der Waals surface area contributed by atoms with Crippen LogP contribution >= 0.6 is 11.3 Å². The van der Waals surface area contributed by atoms with E-state index in [1.54, 1.807) is 35.7 Å². The topological polar surface area (TPSA) is 104 Å². The van der Waals surface area contributed by atoms with Crippen LogP contribution in [0, 0.1) is 0 Å². The Morgan fingerprint density at radius 1 is 1.24 bits per heavy atom. The van der Waals surface area contributed by atoms with Crippen molar-refractivity contribution in [2.75, 3.05) is 13.1 Å². The Morgan fingerprint density at radius 2 is 2.00 bits per heavy atom. The van der Waals surface area contributed by atoms with Crippen LogP contribution in [0.25, 0.3) is 0 Å². The van der Waals surface area contributed by atoms with Crippen LogP contribution < -0.4 is 4.72 Å². The molecule has 7 nitrogen and oxygen atoms in total. The van der Waals surface area contributed by atoms with Crippen molar-refractivity contribution in [2.45, 2.75) is 16.7 Å². The van der Waals surface area contributed by atoms with Crippen molar-refractivity contribution in [2.24, 2.45) is 0 Å². The van der Waals surface area contributed by atoms with Crippen molar-refractivity contribution >= 4 is 33.2 Å². The van der Waals surface area contributed by atoms with E-state index in [9.17, 15) is 23.1 Å². The minimum atomic E-state index is -3.74. The minimum Gasteiger partial charge on any atom is -0.481 e. The molecule has 0 spiro atoms. The number of rotatable bonds is 5. The molecule has 0 saturated carbocycles. The molecule has 132 valence electrons. The molecule has 0 radical (unpaired) electrons. The molecule has 0 bridgehead atoms. The standard InChI is InChI=1S/C16H16N2O5S2/c19-14(8-17-25(22,23)15-6-3-7-24-15)18-9-11-4-1-2-5-12(11)13(10-18)16(20)21/h1-7,13,17H,8-10H2,(H,20,21). The fraction of sp³-hybridized carbons (Fsp3) is 0.250. The first kappa shape index (κ1) is 17.6. The summed E-state index contributed by atoms with van der Waals surface area (Å²) >= 11 is 1.06. The van der Waals surface area contributed by atoms with Crippen LogP contribution in [0.15, 0.2) is 46.0 Å². The molecule has 1 aliphatic rings. The summed E-state index contributed by atoms with van der Waals surface area (Å²) in [5.74, 6) is -2.28. The van der Waals surface area contributed by atoms with E-state index in [0.717, 1.165) is 16.9 Å². The molecule has 9 heteroatoms.